The quantitative estimate of drug-likeness (QED) is 0.108. The molecule has 2 bridgehead atoms. The van der Waals surface area contributed by atoms with Gasteiger partial charge in [0, 0.05) is 36.3 Å². The van der Waals surface area contributed by atoms with Crippen LogP contribution in [-0.2, 0) is 16.0 Å². The highest BCUT2D eigenvalue weighted by atomic mass is 19.1. The van der Waals surface area contributed by atoms with E-state index >= 15 is 4.39 Å². The van der Waals surface area contributed by atoms with Crippen LogP contribution in [0.15, 0.2) is 65.9 Å². The molecule has 6 aliphatic rings. The third kappa shape index (κ3) is 7.21. The van der Waals surface area contributed by atoms with Gasteiger partial charge < -0.3 is 25.4 Å². The van der Waals surface area contributed by atoms with Crippen LogP contribution in [-0.4, -0.2) is 41.5 Å². The largest absolute Gasteiger partial charge is 0.491 e. The zero-order chi connectivity index (χ0) is 35.9. The number of fused-ring (bicyclic) bond motifs is 2. The molecule has 3 N–H and O–H groups in total. The second-order valence-electron chi connectivity index (χ2n) is 16.3. The van der Waals surface area contributed by atoms with Crippen molar-refractivity contribution in [1.82, 2.24) is 15.6 Å². The Balaban J connectivity index is 0.871. The van der Waals surface area contributed by atoms with Crippen LogP contribution in [0.1, 0.15) is 103 Å². The average Bonchev–Trinajstić information content (AvgIpc) is 4.08. The maximum atomic E-state index is 15.4. The number of allylic oxidation sites excluding steroid dienone is 4. The van der Waals surface area contributed by atoms with Crippen molar-refractivity contribution in [1.29, 1.82) is 0 Å². The first-order chi connectivity index (χ1) is 25.2. The van der Waals surface area contributed by atoms with E-state index in [0.29, 0.717) is 48.9 Å². The summed E-state index contributed by atoms with van der Waals surface area (Å²) in [6, 6.07) is 10.8. The van der Waals surface area contributed by atoms with E-state index in [1.807, 2.05) is 6.07 Å². The van der Waals surface area contributed by atoms with Gasteiger partial charge in [0.2, 0.25) is 11.8 Å². The van der Waals surface area contributed by atoms with Crippen molar-refractivity contribution in [2.45, 2.75) is 115 Å². The molecule has 0 spiro atoms. The molecule has 0 atom stereocenters. The highest BCUT2D eigenvalue weighted by Gasteiger charge is 2.56. The summed E-state index contributed by atoms with van der Waals surface area (Å²) in [6.45, 7) is 5.54. The van der Waals surface area contributed by atoms with Crippen LogP contribution in [0.2, 0.25) is 0 Å². The molecular formula is C43H51FN4O4. The lowest BCUT2D eigenvalue weighted by Crippen LogP contribution is -2.44. The minimum atomic E-state index is -1.15. The number of benzene rings is 2. The van der Waals surface area contributed by atoms with Crippen molar-refractivity contribution in [2.24, 2.45) is 10.8 Å². The Morgan fingerprint density at radius 3 is 2.48 bits per heavy atom. The Morgan fingerprint density at radius 2 is 1.79 bits per heavy atom. The van der Waals surface area contributed by atoms with E-state index in [-0.39, 0.29) is 17.1 Å². The topological polar surface area (TPSA) is 102 Å². The van der Waals surface area contributed by atoms with E-state index in [4.69, 9.17) is 9.47 Å². The van der Waals surface area contributed by atoms with E-state index in [1.54, 1.807) is 18.3 Å². The number of nitrogens with zero attached hydrogens (tertiary/aromatic N) is 1. The van der Waals surface area contributed by atoms with E-state index < -0.39 is 17.1 Å². The Hall–Kier alpha value is -4.24. The fourth-order valence-electron chi connectivity index (χ4n) is 8.38. The first kappa shape index (κ1) is 34.8. The number of rotatable bonds is 15. The summed E-state index contributed by atoms with van der Waals surface area (Å²) in [6.07, 6.45) is 20.7. The van der Waals surface area contributed by atoms with Crippen LogP contribution in [0.5, 0.6) is 17.2 Å². The standard InChI is InChI=1S/C43H51FN4O4/c1-3-28-22-33-36(24-38(28)51-27-42(16-17-42)48-31-9-5-4-6-10-31)45-21-14-37(33)52-32-11-12-35(34(44)23-32)47-40(50)43(18-19-43)39(49)46-20-7-8-29-13-15-41(2)25-30(29)26-41/h11-15,21-24,31,48H,3-10,16-20,25-27H2,1-2H3,(H,46,49)(H,47,50). The molecule has 0 radical (unpaired) electrons. The molecule has 8 nitrogen and oxygen atoms in total. The molecule has 52 heavy (non-hydrogen) atoms. The van der Waals surface area contributed by atoms with Gasteiger partial charge >= 0.3 is 0 Å². The zero-order valence-corrected chi connectivity index (χ0v) is 30.5. The van der Waals surface area contributed by atoms with E-state index in [1.165, 1.54) is 55.4 Å². The van der Waals surface area contributed by atoms with Gasteiger partial charge in [-0.15, -0.1) is 0 Å². The van der Waals surface area contributed by atoms with Crippen LogP contribution in [0.25, 0.3) is 10.9 Å². The van der Waals surface area contributed by atoms with Gasteiger partial charge in [0.05, 0.1) is 16.7 Å². The van der Waals surface area contributed by atoms with Gasteiger partial charge in [0.1, 0.15) is 35.1 Å². The number of hydrogen-bond donors (Lipinski definition) is 3. The number of carbonyl (C=O) groups is 2. The lowest BCUT2D eigenvalue weighted by Gasteiger charge is -2.43. The number of halogens is 1. The number of nitrogens with one attached hydrogen (secondary N) is 3. The number of ether oxygens (including phenoxy) is 2. The van der Waals surface area contributed by atoms with Crippen LogP contribution < -0.4 is 25.4 Å². The molecule has 4 fully saturated rings. The van der Waals surface area contributed by atoms with Crippen molar-refractivity contribution in [3.8, 4) is 17.2 Å². The van der Waals surface area contributed by atoms with Gasteiger partial charge in [-0.2, -0.15) is 0 Å². The molecule has 0 aliphatic heterocycles. The van der Waals surface area contributed by atoms with Crippen LogP contribution in [0, 0.1) is 16.6 Å². The van der Waals surface area contributed by atoms with Gasteiger partial charge in [-0.05, 0) is 111 Å². The summed E-state index contributed by atoms with van der Waals surface area (Å²) < 4.78 is 28.0. The second kappa shape index (κ2) is 14.0. The Morgan fingerprint density at radius 1 is 0.981 bits per heavy atom. The number of amides is 2. The summed E-state index contributed by atoms with van der Waals surface area (Å²) in [5.41, 5.74) is 4.02. The minimum Gasteiger partial charge on any atom is -0.491 e. The van der Waals surface area contributed by atoms with Crippen LogP contribution in [0.4, 0.5) is 10.1 Å². The Bertz CT molecular complexity index is 1930. The van der Waals surface area contributed by atoms with Gasteiger partial charge in [-0.25, -0.2) is 4.39 Å². The molecule has 0 unspecified atom stereocenters. The smallest absolute Gasteiger partial charge is 0.240 e. The van der Waals surface area contributed by atoms with Crippen molar-refractivity contribution in [2.75, 3.05) is 18.5 Å². The third-order valence-corrected chi connectivity index (χ3v) is 12.1. The van der Waals surface area contributed by atoms with Crippen molar-refractivity contribution in [3.05, 3.63) is 77.3 Å². The molecule has 9 rings (SSSR count). The third-order valence-electron chi connectivity index (χ3n) is 12.1. The second-order valence-corrected chi connectivity index (χ2v) is 16.3. The molecule has 6 aliphatic carbocycles. The normalized spacial score (nSPS) is 20.6. The lowest BCUT2D eigenvalue weighted by atomic mass is 9.62. The summed E-state index contributed by atoms with van der Waals surface area (Å²) in [7, 11) is 0. The average molecular weight is 707 g/mol. The molecule has 2 amide bonds. The summed E-state index contributed by atoms with van der Waals surface area (Å²) in [5.74, 6) is 0.283. The van der Waals surface area contributed by atoms with Gasteiger partial charge in [0.25, 0.3) is 0 Å². The number of anilines is 1. The van der Waals surface area contributed by atoms with Crippen LogP contribution in [0.3, 0.4) is 0 Å². The number of pyridine rings is 1. The SMILES string of the molecule is CCc1cc2c(Oc3ccc(NC(=O)C4(C(=O)NCCCC5=C6CC(C)(C=C5)C6)CC4)c(F)c3)ccnc2cc1OCC1(NC2CCCCC2)CC1. The monoisotopic (exact) mass is 706 g/mol. The molecule has 1 aromatic heterocycles. The predicted molar refractivity (Wildman–Crippen MR) is 201 cm³/mol. The predicted octanol–water partition coefficient (Wildman–Crippen LogP) is 8.84. The number of aromatic nitrogens is 1. The first-order valence-electron chi connectivity index (χ1n) is 19.5. The number of carbonyl (C=O) groups excluding carboxylic acids is 2. The van der Waals surface area contributed by atoms with Gasteiger partial charge in [-0.1, -0.05) is 50.8 Å². The molecule has 274 valence electrons. The van der Waals surface area contributed by atoms with Crippen molar-refractivity contribution < 1.29 is 23.5 Å². The minimum absolute atomic E-state index is 0.0162. The lowest BCUT2D eigenvalue weighted by molar-refractivity contribution is -0.134. The molecule has 1 heterocycles. The zero-order valence-electron chi connectivity index (χ0n) is 30.5. The molecule has 2 aromatic carbocycles. The molecule has 9 heteroatoms. The highest BCUT2D eigenvalue weighted by Crippen LogP contribution is 2.52. The molecule has 3 aromatic rings. The van der Waals surface area contributed by atoms with E-state index in [9.17, 15) is 9.59 Å². The number of hydrogen-bond acceptors (Lipinski definition) is 6. The fraction of sp³-hybridized carbons (Fsp3) is 0.512. The maximum absolute atomic E-state index is 15.4. The molecule has 4 saturated carbocycles. The van der Waals surface area contributed by atoms with Crippen molar-refractivity contribution in [3.63, 3.8) is 0 Å². The summed E-state index contributed by atoms with van der Waals surface area (Å²) in [4.78, 5) is 30.9. The Kier molecular flexibility index (Phi) is 9.35. The summed E-state index contributed by atoms with van der Waals surface area (Å²) >= 11 is 0. The number of aryl methyl sites for hydroxylation is 1. The fourth-order valence-corrected chi connectivity index (χ4v) is 8.38. The Labute approximate surface area is 306 Å². The van der Waals surface area contributed by atoms with Gasteiger partial charge in [0.15, 0.2) is 0 Å². The maximum Gasteiger partial charge on any atom is 0.240 e. The first-order valence-corrected chi connectivity index (χ1v) is 19.5. The molecular weight excluding hydrogens is 655 g/mol. The van der Waals surface area contributed by atoms with Gasteiger partial charge in [-0.3, -0.25) is 14.6 Å². The van der Waals surface area contributed by atoms with E-state index in [2.05, 4.69) is 53.0 Å². The van der Waals surface area contributed by atoms with Crippen LogP contribution >= 0.6 is 0 Å². The highest BCUT2D eigenvalue weighted by molar-refractivity contribution is 6.13. The molecule has 0 saturated heterocycles. The van der Waals surface area contributed by atoms with Crippen molar-refractivity contribution >= 4 is 28.4 Å². The van der Waals surface area contributed by atoms with E-state index in [0.717, 1.165) is 67.2 Å². The summed E-state index contributed by atoms with van der Waals surface area (Å²) in [5, 5.41) is 10.3.